The average Bonchev–Trinajstić information content (AvgIpc) is 2.77. The summed E-state index contributed by atoms with van der Waals surface area (Å²) in [7, 11) is 0. The summed E-state index contributed by atoms with van der Waals surface area (Å²) in [6.45, 7) is 0.744. The zero-order valence-electron chi connectivity index (χ0n) is 8.78. The van der Waals surface area contributed by atoms with Crippen LogP contribution in [0.15, 0.2) is 10.8 Å². The predicted molar refractivity (Wildman–Crippen MR) is 60.8 cm³/mol. The van der Waals surface area contributed by atoms with Crippen molar-refractivity contribution < 1.29 is 9.47 Å². The third-order valence-corrected chi connectivity index (χ3v) is 4.15. The second kappa shape index (κ2) is 4.05. The van der Waals surface area contributed by atoms with Crippen molar-refractivity contribution in [1.29, 1.82) is 0 Å². The minimum Gasteiger partial charge on any atom is -0.485 e. The maximum atomic E-state index is 6.00. The van der Waals surface area contributed by atoms with Gasteiger partial charge in [-0.15, -0.1) is 11.3 Å². The minimum atomic E-state index is 0.299. The lowest BCUT2D eigenvalue weighted by Crippen LogP contribution is -2.36. The molecule has 1 fully saturated rings. The van der Waals surface area contributed by atoms with E-state index < -0.39 is 0 Å². The molecule has 1 saturated carbocycles. The summed E-state index contributed by atoms with van der Waals surface area (Å²) in [5.74, 6) is 2.61. The molecule has 0 bridgehead atoms. The standard InChI is InChI=1S/C12H16O2S/c1-2-4-9(5-3-1)10-6-13-11-7-15-8-12(11)14-10/h7-10H,1-6H2. The molecule has 82 valence electrons. The Morgan fingerprint density at radius 2 is 1.87 bits per heavy atom. The Labute approximate surface area is 94.2 Å². The van der Waals surface area contributed by atoms with Crippen LogP contribution < -0.4 is 9.47 Å². The highest BCUT2D eigenvalue weighted by molar-refractivity contribution is 7.08. The number of rotatable bonds is 1. The molecule has 1 unspecified atom stereocenters. The lowest BCUT2D eigenvalue weighted by atomic mass is 9.85. The molecule has 1 aromatic rings. The molecule has 1 atom stereocenters. The van der Waals surface area contributed by atoms with Gasteiger partial charge in [0, 0.05) is 10.8 Å². The maximum Gasteiger partial charge on any atom is 0.172 e. The molecule has 1 aliphatic carbocycles. The van der Waals surface area contributed by atoms with E-state index in [-0.39, 0.29) is 0 Å². The van der Waals surface area contributed by atoms with Gasteiger partial charge in [0.2, 0.25) is 0 Å². The van der Waals surface area contributed by atoms with Crippen LogP contribution >= 0.6 is 11.3 Å². The van der Waals surface area contributed by atoms with Gasteiger partial charge in [-0.2, -0.15) is 0 Å². The first-order chi connectivity index (χ1) is 7.43. The van der Waals surface area contributed by atoms with Crippen molar-refractivity contribution in [2.45, 2.75) is 38.2 Å². The predicted octanol–water partition coefficient (Wildman–Crippen LogP) is 3.47. The second-order valence-corrected chi connectivity index (χ2v) is 5.21. The summed E-state index contributed by atoms with van der Waals surface area (Å²) in [4.78, 5) is 0. The molecule has 15 heavy (non-hydrogen) atoms. The first-order valence-corrected chi connectivity index (χ1v) is 6.73. The summed E-state index contributed by atoms with van der Waals surface area (Å²) in [5, 5.41) is 4.07. The van der Waals surface area contributed by atoms with E-state index in [2.05, 4.69) is 0 Å². The van der Waals surface area contributed by atoms with Crippen LogP contribution in [0.1, 0.15) is 32.1 Å². The van der Waals surface area contributed by atoms with E-state index >= 15 is 0 Å². The summed E-state index contributed by atoms with van der Waals surface area (Å²) in [5.41, 5.74) is 0. The molecule has 2 nitrogen and oxygen atoms in total. The molecule has 0 spiro atoms. The van der Waals surface area contributed by atoms with Gasteiger partial charge < -0.3 is 9.47 Å². The van der Waals surface area contributed by atoms with Gasteiger partial charge in [0.25, 0.3) is 0 Å². The SMILES string of the molecule is c1scc2c1OCC(C1CCCCC1)O2. The molecule has 3 rings (SSSR count). The van der Waals surface area contributed by atoms with E-state index in [4.69, 9.17) is 9.47 Å². The van der Waals surface area contributed by atoms with Crippen LogP contribution in [0.25, 0.3) is 0 Å². The monoisotopic (exact) mass is 224 g/mol. The Kier molecular flexibility index (Phi) is 2.57. The number of hydrogen-bond acceptors (Lipinski definition) is 3. The van der Waals surface area contributed by atoms with Gasteiger partial charge in [-0.3, -0.25) is 0 Å². The number of fused-ring (bicyclic) bond motifs is 1. The minimum absolute atomic E-state index is 0.299. The van der Waals surface area contributed by atoms with Crippen LogP contribution in [0.2, 0.25) is 0 Å². The highest BCUT2D eigenvalue weighted by Gasteiger charge is 2.30. The molecular formula is C12H16O2S. The number of hydrogen-bond donors (Lipinski definition) is 0. The van der Waals surface area contributed by atoms with Gasteiger partial charge >= 0.3 is 0 Å². The van der Waals surface area contributed by atoms with Gasteiger partial charge in [-0.05, 0) is 18.8 Å². The Morgan fingerprint density at radius 3 is 2.73 bits per heavy atom. The Bertz CT molecular complexity index is 328. The molecule has 0 N–H and O–H groups in total. The van der Waals surface area contributed by atoms with Crippen molar-refractivity contribution in [1.82, 2.24) is 0 Å². The normalized spacial score (nSPS) is 26.5. The maximum absolute atomic E-state index is 6.00. The molecule has 0 amide bonds. The van der Waals surface area contributed by atoms with Gasteiger partial charge in [0.15, 0.2) is 11.5 Å². The van der Waals surface area contributed by atoms with E-state index in [1.54, 1.807) is 11.3 Å². The zero-order chi connectivity index (χ0) is 10.1. The third-order valence-electron chi connectivity index (χ3n) is 3.45. The van der Waals surface area contributed by atoms with E-state index in [1.165, 1.54) is 32.1 Å². The highest BCUT2D eigenvalue weighted by atomic mass is 32.1. The Morgan fingerprint density at radius 1 is 1.07 bits per heavy atom. The van der Waals surface area contributed by atoms with Crippen molar-refractivity contribution in [2.24, 2.45) is 5.92 Å². The van der Waals surface area contributed by atoms with Gasteiger partial charge in [-0.1, -0.05) is 19.3 Å². The Hall–Kier alpha value is -0.700. The number of thiophene rings is 1. The molecule has 0 aromatic carbocycles. The molecule has 0 radical (unpaired) electrons. The van der Waals surface area contributed by atoms with Crippen molar-refractivity contribution >= 4 is 11.3 Å². The lowest BCUT2D eigenvalue weighted by molar-refractivity contribution is 0.0351. The summed E-state index contributed by atoms with van der Waals surface area (Å²) < 4.78 is 11.7. The molecule has 2 heterocycles. The van der Waals surface area contributed by atoms with Crippen molar-refractivity contribution in [2.75, 3.05) is 6.61 Å². The smallest absolute Gasteiger partial charge is 0.172 e. The van der Waals surface area contributed by atoms with Gasteiger partial charge in [-0.25, -0.2) is 0 Å². The van der Waals surface area contributed by atoms with Crippen LogP contribution in [-0.2, 0) is 0 Å². The van der Waals surface area contributed by atoms with Crippen molar-refractivity contribution in [3.05, 3.63) is 10.8 Å². The molecule has 1 aromatic heterocycles. The van der Waals surface area contributed by atoms with Crippen molar-refractivity contribution in [3.8, 4) is 11.5 Å². The molecule has 2 aliphatic rings. The zero-order valence-corrected chi connectivity index (χ0v) is 9.59. The fourth-order valence-electron chi connectivity index (χ4n) is 2.57. The lowest BCUT2D eigenvalue weighted by Gasteiger charge is -2.33. The topological polar surface area (TPSA) is 18.5 Å². The summed E-state index contributed by atoms with van der Waals surface area (Å²) >= 11 is 1.65. The summed E-state index contributed by atoms with van der Waals surface area (Å²) in [6.07, 6.45) is 7.05. The fraction of sp³-hybridized carbons (Fsp3) is 0.667. The first-order valence-electron chi connectivity index (χ1n) is 5.79. The first kappa shape index (κ1) is 9.52. The molecule has 1 aliphatic heterocycles. The van der Waals surface area contributed by atoms with Crippen LogP contribution in [0.5, 0.6) is 11.5 Å². The van der Waals surface area contributed by atoms with E-state index in [0.29, 0.717) is 12.0 Å². The largest absolute Gasteiger partial charge is 0.485 e. The fourth-order valence-corrected chi connectivity index (χ4v) is 3.24. The van der Waals surface area contributed by atoms with Crippen LogP contribution in [0, 0.1) is 5.92 Å². The van der Waals surface area contributed by atoms with Crippen LogP contribution in [0.4, 0.5) is 0 Å². The summed E-state index contributed by atoms with van der Waals surface area (Å²) in [6, 6.07) is 0. The second-order valence-electron chi connectivity index (χ2n) is 4.47. The average molecular weight is 224 g/mol. The molecule has 0 saturated heterocycles. The van der Waals surface area contributed by atoms with Crippen LogP contribution in [0.3, 0.4) is 0 Å². The Balaban J connectivity index is 1.69. The van der Waals surface area contributed by atoms with E-state index in [0.717, 1.165) is 18.1 Å². The quantitative estimate of drug-likeness (QED) is 0.727. The van der Waals surface area contributed by atoms with E-state index in [1.807, 2.05) is 10.8 Å². The third kappa shape index (κ3) is 1.85. The van der Waals surface area contributed by atoms with Gasteiger partial charge in [0.05, 0.1) is 0 Å². The molecular weight excluding hydrogens is 208 g/mol. The van der Waals surface area contributed by atoms with Crippen LogP contribution in [-0.4, -0.2) is 12.7 Å². The van der Waals surface area contributed by atoms with Crippen molar-refractivity contribution in [3.63, 3.8) is 0 Å². The molecule has 3 heteroatoms. The highest BCUT2D eigenvalue weighted by Crippen LogP contribution is 2.38. The van der Waals surface area contributed by atoms with Gasteiger partial charge in [0.1, 0.15) is 12.7 Å². The number of ether oxygens (including phenoxy) is 2. The van der Waals surface area contributed by atoms with E-state index in [9.17, 15) is 0 Å².